The number of aryl methyl sites for hydroxylation is 2. The molecular weight excluding hydrogens is 266 g/mol. The number of benzene rings is 1. The summed E-state index contributed by atoms with van der Waals surface area (Å²) in [5, 5.41) is 10.9. The van der Waals surface area contributed by atoms with E-state index in [-0.39, 0.29) is 6.04 Å². The van der Waals surface area contributed by atoms with Gasteiger partial charge in [0.25, 0.3) is 0 Å². The molecule has 21 heavy (non-hydrogen) atoms. The summed E-state index contributed by atoms with van der Waals surface area (Å²) < 4.78 is 1.75. The van der Waals surface area contributed by atoms with Crippen LogP contribution in [0.2, 0.25) is 0 Å². The van der Waals surface area contributed by atoms with Gasteiger partial charge < -0.3 is 27.8 Å². The van der Waals surface area contributed by atoms with Gasteiger partial charge in [0.05, 0.1) is 22.8 Å². The van der Waals surface area contributed by atoms with Crippen LogP contribution in [0.4, 0.5) is 28.6 Å². The van der Waals surface area contributed by atoms with Gasteiger partial charge >= 0.3 is 0 Å². The lowest BCUT2D eigenvalue weighted by Gasteiger charge is -2.18. The standard InChI is InChI=1S/C14H23N7/c1-8(19-14-13(17)9(2)20-21(14)3)7-18-12-5-4-10(15)6-11(12)16/h4-6,8,18-19H,7,15-17H2,1-3H3. The number of hydrogen-bond donors (Lipinski definition) is 5. The molecule has 1 aromatic heterocycles. The molecule has 0 saturated carbocycles. The lowest BCUT2D eigenvalue weighted by Crippen LogP contribution is -2.26. The molecule has 7 nitrogen and oxygen atoms in total. The largest absolute Gasteiger partial charge is 0.399 e. The van der Waals surface area contributed by atoms with Crippen LogP contribution in [0.25, 0.3) is 0 Å². The molecule has 0 amide bonds. The number of hydrogen-bond acceptors (Lipinski definition) is 6. The molecule has 2 aromatic rings. The molecule has 7 heteroatoms. The van der Waals surface area contributed by atoms with Gasteiger partial charge in [0.15, 0.2) is 0 Å². The molecule has 0 aliphatic carbocycles. The summed E-state index contributed by atoms with van der Waals surface area (Å²) in [6.45, 7) is 4.64. The fraction of sp³-hybridized carbons (Fsp3) is 0.357. The molecule has 0 fully saturated rings. The minimum Gasteiger partial charge on any atom is -0.399 e. The summed E-state index contributed by atoms with van der Waals surface area (Å²) in [5.74, 6) is 0.826. The van der Waals surface area contributed by atoms with Gasteiger partial charge in [0.2, 0.25) is 0 Å². The van der Waals surface area contributed by atoms with Crippen molar-refractivity contribution < 1.29 is 0 Å². The number of anilines is 5. The highest BCUT2D eigenvalue weighted by Gasteiger charge is 2.12. The normalized spacial score (nSPS) is 12.1. The number of aromatic nitrogens is 2. The monoisotopic (exact) mass is 289 g/mol. The minimum atomic E-state index is 0.152. The highest BCUT2D eigenvalue weighted by Crippen LogP contribution is 2.23. The zero-order valence-electron chi connectivity index (χ0n) is 12.6. The summed E-state index contributed by atoms with van der Waals surface area (Å²) >= 11 is 0. The van der Waals surface area contributed by atoms with Crippen LogP contribution < -0.4 is 27.8 Å². The summed E-state index contributed by atoms with van der Waals surface area (Å²) in [6, 6.07) is 5.58. The van der Waals surface area contributed by atoms with Crippen LogP contribution in [0.15, 0.2) is 18.2 Å². The van der Waals surface area contributed by atoms with Gasteiger partial charge in [-0.1, -0.05) is 0 Å². The van der Waals surface area contributed by atoms with E-state index in [1.807, 2.05) is 26.1 Å². The van der Waals surface area contributed by atoms with Crippen molar-refractivity contribution in [2.45, 2.75) is 19.9 Å². The van der Waals surface area contributed by atoms with Crippen molar-refractivity contribution in [1.82, 2.24) is 9.78 Å². The number of nitrogens with zero attached hydrogens (tertiary/aromatic N) is 2. The predicted molar refractivity (Wildman–Crippen MR) is 89.2 cm³/mol. The summed E-state index contributed by atoms with van der Waals surface area (Å²) in [4.78, 5) is 0. The molecule has 0 aliphatic rings. The molecule has 1 unspecified atom stereocenters. The van der Waals surface area contributed by atoms with E-state index in [1.54, 1.807) is 10.7 Å². The highest BCUT2D eigenvalue weighted by atomic mass is 15.3. The molecule has 0 saturated heterocycles. The van der Waals surface area contributed by atoms with Crippen molar-refractivity contribution in [3.8, 4) is 0 Å². The highest BCUT2D eigenvalue weighted by molar-refractivity contribution is 5.71. The maximum atomic E-state index is 6.00. The Balaban J connectivity index is 1.97. The molecule has 8 N–H and O–H groups in total. The van der Waals surface area contributed by atoms with Crippen LogP contribution >= 0.6 is 0 Å². The lowest BCUT2D eigenvalue weighted by atomic mass is 10.2. The predicted octanol–water partition coefficient (Wildman–Crippen LogP) is 1.39. The van der Waals surface area contributed by atoms with E-state index in [9.17, 15) is 0 Å². The first-order chi connectivity index (χ1) is 9.88. The Morgan fingerprint density at radius 1 is 1.29 bits per heavy atom. The van der Waals surface area contributed by atoms with Crippen molar-refractivity contribution in [1.29, 1.82) is 0 Å². The van der Waals surface area contributed by atoms with Crippen LogP contribution in [-0.4, -0.2) is 22.4 Å². The number of nitrogens with one attached hydrogen (secondary N) is 2. The minimum absolute atomic E-state index is 0.152. The van der Waals surface area contributed by atoms with Gasteiger partial charge in [0, 0.05) is 25.3 Å². The Hall–Kier alpha value is -2.57. The molecule has 1 aromatic carbocycles. The van der Waals surface area contributed by atoms with E-state index in [2.05, 4.69) is 22.7 Å². The van der Waals surface area contributed by atoms with Crippen molar-refractivity contribution in [2.24, 2.45) is 7.05 Å². The SMILES string of the molecule is Cc1nn(C)c(NC(C)CNc2ccc(N)cc2N)c1N. The van der Waals surface area contributed by atoms with E-state index in [0.717, 1.165) is 17.2 Å². The summed E-state index contributed by atoms with van der Waals surface area (Å²) in [6.07, 6.45) is 0. The third-order valence-electron chi connectivity index (χ3n) is 3.33. The van der Waals surface area contributed by atoms with Gasteiger partial charge in [-0.05, 0) is 32.0 Å². The van der Waals surface area contributed by atoms with Crippen LogP contribution in [0, 0.1) is 6.92 Å². The second kappa shape index (κ2) is 5.82. The Morgan fingerprint density at radius 2 is 2.00 bits per heavy atom. The molecule has 0 aliphatic heterocycles. The van der Waals surface area contributed by atoms with Gasteiger partial charge in [-0.15, -0.1) is 0 Å². The summed E-state index contributed by atoms with van der Waals surface area (Å²) in [5.41, 5.74) is 21.3. The fourth-order valence-electron chi connectivity index (χ4n) is 2.14. The molecule has 1 atom stereocenters. The average Bonchev–Trinajstić information content (AvgIpc) is 2.64. The zero-order valence-corrected chi connectivity index (χ0v) is 12.6. The first kappa shape index (κ1) is 14.8. The van der Waals surface area contributed by atoms with Crippen LogP contribution in [0.3, 0.4) is 0 Å². The lowest BCUT2D eigenvalue weighted by molar-refractivity contribution is 0.737. The number of rotatable bonds is 5. The van der Waals surface area contributed by atoms with Crippen LogP contribution in [-0.2, 0) is 7.05 Å². The van der Waals surface area contributed by atoms with Gasteiger partial charge in [0.1, 0.15) is 5.82 Å². The molecular formula is C14H23N7. The third-order valence-corrected chi connectivity index (χ3v) is 3.33. The second-order valence-corrected chi connectivity index (χ2v) is 5.24. The molecule has 2 rings (SSSR count). The molecule has 114 valence electrons. The van der Waals surface area contributed by atoms with Crippen molar-refractivity contribution in [2.75, 3.05) is 34.4 Å². The Labute approximate surface area is 124 Å². The van der Waals surface area contributed by atoms with Crippen molar-refractivity contribution >= 4 is 28.6 Å². The topological polar surface area (TPSA) is 120 Å². The number of nitrogens with two attached hydrogens (primary N) is 3. The second-order valence-electron chi connectivity index (χ2n) is 5.24. The van der Waals surface area contributed by atoms with E-state index >= 15 is 0 Å². The van der Waals surface area contributed by atoms with E-state index in [4.69, 9.17) is 17.2 Å². The smallest absolute Gasteiger partial charge is 0.148 e. The average molecular weight is 289 g/mol. The Morgan fingerprint density at radius 3 is 2.57 bits per heavy atom. The van der Waals surface area contributed by atoms with E-state index < -0.39 is 0 Å². The van der Waals surface area contributed by atoms with E-state index in [0.29, 0.717) is 23.6 Å². The van der Waals surface area contributed by atoms with Crippen LogP contribution in [0.5, 0.6) is 0 Å². The number of nitrogen functional groups attached to an aromatic ring is 3. The molecule has 0 bridgehead atoms. The Bertz CT molecular complexity index is 632. The van der Waals surface area contributed by atoms with Crippen molar-refractivity contribution in [3.05, 3.63) is 23.9 Å². The van der Waals surface area contributed by atoms with Gasteiger partial charge in [-0.2, -0.15) is 5.10 Å². The molecule has 1 heterocycles. The van der Waals surface area contributed by atoms with Crippen molar-refractivity contribution in [3.63, 3.8) is 0 Å². The quantitative estimate of drug-likeness (QED) is 0.530. The van der Waals surface area contributed by atoms with E-state index in [1.165, 1.54) is 0 Å². The summed E-state index contributed by atoms with van der Waals surface area (Å²) in [7, 11) is 1.86. The van der Waals surface area contributed by atoms with Crippen LogP contribution in [0.1, 0.15) is 12.6 Å². The first-order valence-electron chi connectivity index (χ1n) is 6.83. The molecule has 0 radical (unpaired) electrons. The zero-order chi connectivity index (χ0) is 15.6. The fourth-order valence-corrected chi connectivity index (χ4v) is 2.14. The first-order valence-corrected chi connectivity index (χ1v) is 6.83. The third kappa shape index (κ3) is 3.31. The van der Waals surface area contributed by atoms with Gasteiger partial charge in [-0.3, -0.25) is 4.68 Å². The maximum Gasteiger partial charge on any atom is 0.148 e. The Kier molecular flexibility index (Phi) is 4.11. The maximum absolute atomic E-state index is 6.00. The van der Waals surface area contributed by atoms with Gasteiger partial charge in [-0.25, -0.2) is 0 Å². The molecule has 0 spiro atoms.